The molecule has 1 saturated heterocycles. The molecule has 0 aliphatic carbocycles. The van der Waals surface area contributed by atoms with Crippen molar-refractivity contribution in [2.75, 3.05) is 24.6 Å². The first-order chi connectivity index (χ1) is 7.33. The molecule has 2 heterocycles. The highest BCUT2D eigenvalue weighted by Gasteiger charge is 2.19. The number of aromatic nitrogens is 1. The number of aliphatic hydroxyl groups is 1. The van der Waals surface area contributed by atoms with Crippen LogP contribution in [0.4, 0.5) is 5.82 Å². The van der Waals surface area contributed by atoms with Crippen molar-refractivity contribution in [3.63, 3.8) is 0 Å². The number of pyridine rings is 1. The summed E-state index contributed by atoms with van der Waals surface area (Å²) in [7, 11) is 0. The van der Waals surface area contributed by atoms with Gasteiger partial charge in [-0.25, -0.2) is 4.98 Å². The number of nitrogens with zero attached hydrogens (tertiary/aromatic N) is 2. The maximum atomic E-state index is 9.08. The summed E-state index contributed by atoms with van der Waals surface area (Å²) in [6, 6.07) is 3.49. The molecule has 1 aromatic heterocycles. The van der Waals surface area contributed by atoms with Crippen LogP contribution in [0.5, 0.6) is 0 Å². The molecular formula is C11H17N3O. The Morgan fingerprint density at radius 3 is 2.87 bits per heavy atom. The van der Waals surface area contributed by atoms with Crippen LogP contribution in [-0.4, -0.2) is 29.8 Å². The lowest BCUT2D eigenvalue weighted by Crippen LogP contribution is -2.24. The molecule has 3 N–H and O–H groups in total. The molecule has 0 spiro atoms. The van der Waals surface area contributed by atoms with Gasteiger partial charge in [-0.3, -0.25) is 0 Å². The molecule has 0 amide bonds. The Balaban J connectivity index is 2.28. The summed E-state index contributed by atoms with van der Waals surface area (Å²) in [5.74, 6) is 0.941. The third-order valence-electron chi connectivity index (χ3n) is 2.82. The minimum absolute atomic E-state index is 0.0352. The maximum absolute atomic E-state index is 9.08. The van der Waals surface area contributed by atoms with Gasteiger partial charge in [-0.05, 0) is 18.9 Å². The molecule has 0 unspecified atom stereocenters. The molecule has 2 rings (SSSR count). The highest BCUT2D eigenvalue weighted by atomic mass is 16.3. The Morgan fingerprint density at radius 2 is 2.20 bits per heavy atom. The van der Waals surface area contributed by atoms with Crippen molar-refractivity contribution in [3.05, 3.63) is 23.9 Å². The Kier molecular flexibility index (Phi) is 3.18. The first-order valence-corrected chi connectivity index (χ1v) is 5.39. The van der Waals surface area contributed by atoms with E-state index in [1.807, 2.05) is 12.1 Å². The topological polar surface area (TPSA) is 62.4 Å². The van der Waals surface area contributed by atoms with Crippen LogP contribution in [0.1, 0.15) is 24.4 Å². The Bertz CT molecular complexity index is 323. The number of anilines is 1. The van der Waals surface area contributed by atoms with Crippen molar-refractivity contribution in [3.8, 4) is 0 Å². The van der Waals surface area contributed by atoms with Crippen molar-refractivity contribution >= 4 is 5.82 Å². The van der Waals surface area contributed by atoms with Gasteiger partial charge in [0.2, 0.25) is 0 Å². The van der Waals surface area contributed by atoms with Crippen molar-refractivity contribution in [2.24, 2.45) is 5.73 Å². The molecule has 1 aromatic rings. The zero-order valence-electron chi connectivity index (χ0n) is 8.76. The lowest BCUT2D eigenvalue weighted by atomic mass is 10.1. The van der Waals surface area contributed by atoms with Crippen LogP contribution in [0.25, 0.3) is 0 Å². The maximum Gasteiger partial charge on any atom is 0.133 e. The van der Waals surface area contributed by atoms with Crippen LogP contribution in [0.15, 0.2) is 18.3 Å². The quantitative estimate of drug-likeness (QED) is 0.765. The van der Waals surface area contributed by atoms with Crippen LogP contribution >= 0.6 is 0 Å². The Hall–Kier alpha value is -1.13. The predicted molar refractivity (Wildman–Crippen MR) is 59.7 cm³/mol. The molecule has 0 radical (unpaired) electrons. The van der Waals surface area contributed by atoms with Gasteiger partial charge in [-0.1, -0.05) is 6.07 Å². The summed E-state index contributed by atoms with van der Waals surface area (Å²) in [4.78, 5) is 6.61. The van der Waals surface area contributed by atoms with Gasteiger partial charge in [-0.2, -0.15) is 0 Å². The second kappa shape index (κ2) is 4.59. The van der Waals surface area contributed by atoms with Crippen LogP contribution in [0.2, 0.25) is 0 Å². The number of aliphatic hydroxyl groups excluding tert-OH is 1. The van der Waals surface area contributed by atoms with Crippen LogP contribution < -0.4 is 10.6 Å². The summed E-state index contributed by atoms with van der Waals surface area (Å²) in [5.41, 5.74) is 6.79. The van der Waals surface area contributed by atoms with Gasteiger partial charge in [0.25, 0.3) is 0 Å². The lowest BCUT2D eigenvalue weighted by molar-refractivity contribution is 0.268. The van der Waals surface area contributed by atoms with E-state index >= 15 is 0 Å². The third-order valence-corrected chi connectivity index (χ3v) is 2.82. The Morgan fingerprint density at radius 1 is 1.47 bits per heavy atom. The van der Waals surface area contributed by atoms with Crippen LogP contribution in [0, 0.1) is 0 Å². The zero-order valence-corrected chi connectivity index (χ0v) is 8.76. The molecule has 4 heteroatoms. The summed E-state index contributed by atoms with van der Waals surface area (Å²) in [6.45, 7) is 2.05. The fourth-order valence-corrected chi connectivity index (χ4v) is 1.99. The van der Waals surface area contributed by atoms with Crippen LogP contribution in [-0.2, 0) is 0 Å². The van der Waals surface area contributed by atoms with Crippen molar-refractivity contribution in [1.82, 2.24) is 4.98 Å². The largest absolute Gasteiger partial charge is 0.394 e. The number of rotatable bonds is 3. The smallest absolute Gasteiger partial charge is 0.133 e. The van der Waals surface area contributed by atoms with E-state index in [9.17, 15) is 0 Å². The average Bonchev–Trinajstić information content (AvgIpc) is 2.81. The molecule has 82 valence electrons. The summed E-state index contributed by atoms with van der Waals surface area (Å²) < 4.78 is 0. The van der Waals surface area contributed by atoms with Crippen molar-refractivity contribution in [1.29, 1.82) is 0 Å². The van der Waals surface area contributed by atoms with E-state index in [-0.39, 0.29) is 12.6 Å². The van der Waals surface area contributed by atoms with Gasteiger partial charge in [0.05, 0.1) is 12.6 Å². The molecule has 4 nitrogen and oxygen atoms in total. The molecule has 1 atom stereocenters. The van der Waals surface area contributed by atoms with Gasteiger partial charge >= 0.3 is 0 Å². The van der Waals surface area contributed by atoms with Gasteiger partial charge in [0.1, 0.15) is 5.82 Å². The predicted octanol–water partition coefficient (Wildman–Crippen LogP) is 0.674. The van der Waals surface area contributed by atoms with Crippen molar-refractivity contribution in [2.45, 2.75) is 18.9 Å². The lowest BCUT2D eigenvalue weighted by Gasteiger charge is -2.21. The third kappa shape index (κ3) is 2.11. The fraction of sp³-hybridized carbons (Fsp3) is 0.545. The van der Waals surface area contributed by atoms with E-state index < -0.39 is 0 Å². The standard InChI is InChI=1S/C11H17N3O/c12-10(8-15)9-4-3-5-13-11(9)14-6-1-2-7-14/h3-5,10,15H,1-2,6-8,12H2/t10-/m1/s1. The normalized spacial score (nSPS) is 18.1. The second-order valence-electron chi connectivity index (χ2n) is 3.90. The molecule has 1 fully saturated rings. The molecular weight excluding hydrogens is 190 g/mol. The van der Waals surface area contributed by atoms with Crippen molar-refractivity contribution < 1.29 is 5.11 Å². The summed E-state index contributed by atoms with van der Waals surface area (Å²) in [5, 5.41) is 9.08. The highest BCUT2D eigenvalue weighted by Crippen LogP contribution is 2.25. The highest BCUT2D eigenvalue weighted by molar-refractivity contribution is 5.49. The van der Waals surface area contributed by atoms with Gasteiger partial charge < -0.3 is 15.7 Å². The minimum Gasteiger partial charge on any atom is -0.394 e. The molecule has 1 aliphatic rings. The first kappa shape index (κ1) is 10.4. The number of hydrogen-bond donors (Lipinski definition) is 2. The van der Waals surface area contributed by atoms with Gasteiger partial charge in [-0.15, -0.1) is 0 Å². The molecule has 0 saturated carbocycles. The summed E-state index contributed by atoms with van der Waals surface area (Å²) in [6.07, 6.45) is 4.20. The fourth-order valence-electron chi connectivity index (χ4n) is 1.99. The van der Waals surface area contributed by atoms with Crippen LogP contribution in [0.3, 0.4) is 0 Å². The van der Waals surface area contributed by atoms with E-state index in [0.29, 0.717) is 0 Å². The van der Waals surface area contributed by atoms with E-state index in [4.69, 9.17) is 10.8 Å². The minimum atomic E-state index is -0.325. The second-order valence-corrected chi connectivity index (χ2v) is 3.90. The number of hydrogen-bond acceptors (Lipinski definition) is 4. The first-order valence-electron chi connectivity index (χ1n) is 5.39. The zero-order chi connectivity index (χ0) is 10.7. The van der Waals surface area contributed by atoms with E-state index in [1.165, 1.54) is 12.8 Å². The molecule has 15 heavy (non-hydrogen) atoms. The van der Waals surface area contributed by atoms with E-state index in [1.54, 1.807) is 6.20 Å². The SMILES string of the molecule is N[C@H](CO)c1cccnc1N1CCCC1. The average molecular weight is 207 g/mol. The summed E-state index contributed by atoms with van der Waals surface area (Å²) >= 11 is 0. The molecule has 0 aromatic carbocycles. The number of nitrogens with two attached hydrogens (primary N) is 1. The Labute approximate surface area is 89.7 Å². The van der Waals surface area contributed by atoms with E-state index in [0.717, 1.165) is 24.5 Å². The van der Waals surface area contributed by atoms with Gasteiger partial charge in [0, 0.05) is 24.8 Å². The molecule has 1 aliphatic heterocycles. The van der Waals surface area contributed by atoms with E-state index in [2.05, 4.69) is 9.88 Å². The molecule has 0 bridgehead atoms. The monoisotopic (exact) mass is 207 g/mol. The van der Waals surface area contributed by atoms with Gasteiger partial charge in [0.15, 0.2) is 0 Å².